The van der Waals surface area contributed by atoms with Crippen LogP contribution in [0.2, 0.25) is 5.02 Å². The van der Waals surface area contributed by atoms with Crippen LogP contribution < -0.4 is 5.32 Å². The Labute approximate surface area is 120 Å². The minimum atomic E-state index is -0.908. The summed E-state index contributed by atoms with van der Waals surface area (Å²) in [6, 6.07) is 8.97. The van der Waals surface area contributed by atoms with Crippen molar-refractivity contribution in [2.24, 2.45) is 0 Å². The van der Waals surface area contributed by atoms with Crippen molar-refractivity contribution in [2.45, 2.75) is 12.5 Å². The van der Waals surface area contributed by atoms with Crippen molar-refractivity contribution in [2.75, 3.05) is 5.32 Å². The van der Waals surface area contributed by atoms with E-state index in [0.29, 0.717) is 21.8 Å². The molecule has 0 spiro atoms. The van der Waals surface area contributed by atoms with Gasteiger partial charge in [-0.25, -0.2) is 4.39 Å². The summed E-state index contributed by atoms with van der Waals surface area (Å²) in [5.74, 6) is -0.474. The van der Waals surface area contributed by atoms with Gasteiger partial charge in [0, 0.05) is 0 Å². The molecule has 20 heavy (non-hydrogen) atoms. The number of rotatable bonds is 2. The largest absolute Gasteiger partial charge is 0.384 e. The van der Waals surface area contributed by atoms with E-state index in [0.717, 1.165) is 5.56 Å². The van der Waals surface area contributed by atoms with Gasteiger partial charge in [0.2, 0.25) is 5.91 Å². The number of hydrogen-bond acceptors (Lipinski definition) is 2. The van der Waals surface area contributed by atoms with E-state index >= 15 is 0 Å². The molecule has 102 valence electrons. The van der Waals surface area contributed by atoms with Crippen molar-refractivity contribution >= 4 is 23.2 Å². The molecule has 3 rings (SSSR count). The molecule has 2 N–H and O–H groups in total. The number of aliphatic hydroxyl groups is 1. The van der Waals surface area contributed by atoms with Gasteiger partial charge in [0.25, 0.3) is 0 Å². The fourth-order valence-electron chi connectivity index (χ4n) is 2.32. The van der Waals surface area contributed by atoms with Crippen LogP contribution in [0, 0.1) is 5.82 Å². The van der Waals surface area contributed by atoms with Crippen molar-refractivity contribution < 1.29 is 14.3 Å². The summed E-state index contributed by atoms with van der Waals surface area (Å²) >= 11 is 6.11. The molecule has 1 amide bonds. The molecule has 1 heterocycles. The molecule has 2 aromatic carbocycles. The summed E-state index contributed by atoms with van der Waals surface area (Å²) in [4.78, 5) is 11.4. The van der Waals surface area contributed by atoms with Crippen LogP contribution >= 0.6 is 11.6 Å². The third-order valence-corrected chi connectivity index (χ3v) is 3.61. The van der Waals surface area contributed by atoms with Crippen LogP contribution in [-0.2, 0) is 11.2 Å². The molecule has 1 aliphatic heterocycles. The highest BCUT2D eigenvalue weighted by atomic mass is 35.5. The highest BCUT2D eigenvalue weighted by Gasteiger charge is 2.23. The molecule has 1 aliphatic rings. The van der Waals surface area contributed by atoms with E-state index in [2.05, 4.69) is 5.32 Å². The Morgan fingerprint density at radius 1 is 1.20 bits per heavy atom. The molecule has 0 aliphatic carbocycles. The average molecular weight is 292 g/mol. The molecular weight excluding hydrogens is 281 g/mol. The summed E-state index contributed by atoms with van der Waals surface area (Å²) in [5.41, 5.74) is 2.52. The van der Waals surface area contributed by atoms with Crippen LogP contribution in [0.3, 0.4) is 0 Å². The molecule has 0 saturated heterocycles. The number of hydrogen-bond donors (Lipinski definition) is 2. The molecule has 1 atom stereocenters. The highest BCUT2D eigenvalue weighted by molar-refractivity contribution is 6.34. The summed E-state index contributed by atoms with van der Waals surface area (Å²) in [6.45, 7) is 0. The monoisotopic (exact) mass is 291 g/mol. The number of anilines is 1. The maximum absolute atomic E-state index is 12.9. The summed E-state index contributed by atoms with van der Waals surface area (Å²) in [6.07, 6.45) is -0.659. The van der Waals surface area contributed by atoms with Crippen LogP contribution in [-0.4, -0.2) is 11.0 Å². The second kappa shape index (κ2) is 4.89. The first-order valence-corrected chi connectivity index (χ1v) is 6.48. The standard InChI is InChI=1S/C15H11ClFNO2/c16-12-6-10(5-9-7-13(19)18-14(9)12)15(20)8-1-3-11(17)4-2-8/h1-6,15,20H,7H2,(H,18,19). The quantitative estimate of drug-likeness (QED) is 0.893. The van der Waals surface area contributed by atoms with E-state index in [4.69, 9.17) is 11.6 Å². The van der Waals surface area contributed by atoms with Crippen molar-refractivity contribution in [1.29, 1.82) is 0 Å². The second-order valence-electron chi connectivity index (χ2n) is 4.72. The zero-order valence-electron chi connectivity index (χ0n) is 10.4. The SMILES string of the molecule is O=C1Cc2cc(C(O)c3ccc(F)cc3)cc(Cl)c2N1. The fraction of sp³-hybridized carbons (Fsp3) is 0.133. The first kappa shape index (κ1) is 13.1. The van der Waals surface area contributed by atoms with Gasteiger partial charge in [-0.05, 0) is 34.9 Å². The minimum Gasteiger partial charge on any atom is -0.384 e. The Morgan fingerprint density at radius 2 is 1.90 bits per heavy atom. The Bertz CT molecular complexity index is 685. The number of amides is 1. The van der Waals surface area contributed by atoms with Crippen molar-refractivity contribution in [1.82, 2.24) is 0 Å². The number of fused-ring (bicyclic) bond motifs is 1. The van der Waals surface area contributed by atoms with E-state index < -0.39 is 6.10 Å². The van der Waals surface area contributed by atoms with Crippen LogP contribution in [0.5, 0.6) is 0 Å². The maximum Gasteiger partial charge on any atom is 0.228 e. The van der Waals surface area contributed by atoms with Crippen molar-refractivity contribution in [3.8, 4) is 0 Å². The molecule has 0 aromatic heterocycles. The number of benzene rings is 2. The molecule has 0 bridgehead atoms. The van der Waals surface area contributed by atoms with E-state index in [-0.39, 0.29) is 18.1 Å². The molecule has 0 saturated carbocycles. The van der Waals surface area contributed by atoms with Gasteiger partial charge in [-0.2, -0.15) is 0 Å². The van der Waals surface area contributed by atoms with Gasteiger partial charge in [0.15, 0.2) is 0 Å². The van der Waals surface area contributed by atoms with Gasteiger partial charge in [0.05, 0.1) is 17.1 Å². The van der Waals surface area contributed by atoms with Gasteiger partial charge < -0.3 is 10.4 Å². The zero-order chi connectivity index (χ0) is 14.3. The Kier molecular flexibility index (Phi) is 3.20. The lowest BCUT2D eigenvalue weighted by Gasteiger charge is -2.14. The smallest absolute Gasteiger partial charge is 0.228 e. The van der Waals surface area contributed by atoms with Gasteiger partial charge in [-0.3, -0.25) is 4.79 Å². The molecule has 0 radical (unpaired) electrons. The molecule has 3 nitrogen and oxygen atoms in total. The number of nitrogens with one attached hydrogen (secondary N) is 1. The number of carbonyl (C=O) groups excluding carboxylic acids is 1. The van der Waals surface area contributed by atoms with Crippen LogP contribution in [0.25, 0.3) is 0 Å². The highest BCUT2D eigenvalue weighted by Crippen LogP contribution is 2.35. The summed E-state index contributed by atoms with van der Waals surface area (Å²) in [7, 11) is 0. The lowest BCUT2D eigenvalue weighted by Crippen LogP contribution is -2.03. The van der Waals surface area contributed by atoms with Gasteiger partial charge in [-0.15, -0.1) is 0 Å². The van der Waals surface area contributed by atoms with E-state index in [9.17, 15) is 14.3 Å². The molecule has 2 aromatic rings. The number of halogens is 2. The third-order valence-electron chi connectivity index (χ3n) is 3.31. The minimum absolute atomic E-state index is 0.115. The van der Waals surface area contributed by atoms with Crippen LogP contribution in [0.1, 0.15) is 22.8 Å². The molecule has 5 heteroatoms. The topological polar surface area (TPSA) is 49.3 Å². The lowest BCUT2D eigenvalue weighted by molar-refractivity contribution is -0.115. The average Bonchev–Trinajstić information content (AvgIpc) is 2.80. The predicted molar refractivity (Wildman–Crippen MR) is 74.2 cm³/mol. The normalized spacial score (nSPS) is 14.8. The Hall–Kier alpha value is -1.91. The lowest BCUT2D eigenvalue weighted by atomic mass is 9.98. The first-order valence-electron chi connectivity index (χ1n) is 6.10. The number of aliphatic hydroxyl groups excluding tert-OH is 1. The number of carbonyl (C=O) groups is 1. The summed E-state index contributed by atoms with van der Waals surface area (Å²) < 4.78 is 12.9. The Balaban J connectivity index is 1.99. The maximum atomic E-state index is 12.9. The van der Waals surface area contributed by atoms with Gasteiger partial charge in [-0.1, -0.05) is 29.8 Å². The van der Waals surface area contributed by atoms with Crippen LogP contribution in [0.4, 0.5) is 10.1 Å². The zero-order valence-corrected chi connectivity index (χ0v) is 11.1. The first-order chi connectivity index (χ1) is 9.54. The predicted octanol–water partition coefficient (Wildman–Crippen LogP) is 3.06. The Morgan fingerprint density at radius 3 is 2.60 bits per heavy atom. The molecular formula is C15H11ClFNO2. The van der Waals surface area contributed by atoms with E-state index in [1.165, 1.54) is 24.3 Å². The third kappa shape index (κ3) is 2.28. The molecule has 0 fully saturated rings. The second-order valence-corrected chi connectivity index (χ2v) is 5.12. The van der Waals surface area contributed by atoms with Crippen molar-refractivity contribution in [3.63, 3.8) is 0 Å². The molecule has 1 unspecified atom stereocenters. The van der Waals surface area contributed by atoms with Crippen LogP contribution in [0.15, 0.2) is 36.4 Å². The summed E-state index contributed by atoms with van der Waals surface area (Å²) in [5, 5.41) is 13.4. The van der Waals surface area contributed by atoms with Crippen molar-refractivity contribution in [3.05, 3.63) is 63.9 Å². The van der Waals surface area contributed by atoms with E-state index in [1.54, 1.807) is 12.1 Å². The van der Waals surface area contributed by atoms with Gasteiger partial charge in [0.1, 0.15) is 11.9 Å². The van der Waals surface area contributed by atoms with E-state index in [1.807, 2.05) is 0 Å². The fourth-order valence-corrected chi connectivity index (χ4v) is 2.61. The van der Waals surface area contributed by atoms with Gasteiger partial charge >= 0.3 is 0 Å².